The van der Waals surface area contributed by atoms with Gasteiger partial charge in [-0.1, -0.05) is 76.2 Å². The van der Waals surface area contributed by atoms with E-state index in [1.807, 2.05) is 48.5 Å². The minimum absolute atomic E-state index is 0.321. The molecule has 14 nitrogen and oxygen atoms in total. The second-order valence-electron chi connectivity index (χ2n) is 14.4. The van der Waals surface area contributed by atoms with Gasteiger partial charge in [0.25, 0.3) is 0 Å². The van der Waals surface area contributed by atoms with Gasteiger partial charge in [-0.2, -0.15) is 0 Å². The minimum atomic E-state index is -2.93. The van der Waals surface area contributed by atoms with E-state index in [0.717, 1.165) is 46.5 Å². The topological polar surface area (TPSA) is 175 Å². The highest BCUT2D eigenvalue weighted by atomic mass is 16.5. The molecule has 2 aromatic carbocycles. The average Bonchev–Trinajstić information content (AvgIpc) is 4.01. The number of aromatic nitrogens is 4. The number of carbonyl (C=O) groups is 4. The third kappa shape index (κ3) is 8.12. The van der Waals surface area contributed by atoms with E-state index >= 15 is 0 Å². The largest absolute Gasteiger partial charge is 0.453 e. The van der Waals surface area contributed by atoms with Crippen LogP contribution in [0.1, 0.15) is 85.3 Å². The molecule has 54 heavy (non-hydrogen) atoms. The highest BCUT2D eigenvalue weighted by Gasteiger charge is 2.39. The van der Waals surface area contributed by atoms with Gasteiger partial charge in [0.2, 0.25) is 11.8 Å². The molecule has 286 valence electrons. The van der Waals surface area contributed by atoms with E-state index in [-0.39, 0.29) is 35.7 Å². The van der Waals surface area contributed by atoms with Gasteiger partial charge in [-0.25, -0.2) is 19.6 Å². The number of likely N-dealkylation sites (tertiary alicyclic amines) is 2. The first-order chi connectivity index (χ1) is 28.3. The van der Waals surface area contributed by atoms with Gasteiger partial charge in [0.1, 0.15) is 23.7 Å². The number of imidazole rings is 2. The van der Waals surface area contributed by atoms with Crippen molar-refractivity contribution in [3.8, 4) is 33.6 Å². The first-order valence-corrected chi connectivity index (χ1v) is 18.2. The van der Waals surface area contributed by atoms with Crippen molar-refractivity contribution in [3.63, 3.8) is 0 Å². The Bertz CT molecular complexity index is 2000. The zero-order chi connectivity index (χ0) is 43.5. The van der Waals surface area contributed by atoms with E-state index in [9.17, 15) is 19.2 Å². The van der Waals surface area contributed by atoms with Crippen molar-refractivity contribution in [3.05, 3.63) is 72.6 Å². The van der Waals surface area contributed by atoms with Crippen molar-refractivity contribution in [1.29, 1.82) is 0 Å². The normalized spacial score (nSPS) is 20.3. The van der Waals surface area contributed by atoms with Gasteiger partial charge in [0, 0.05) is 13.1 Å². The van der Waals surface area contributed by atoms with Gasteiger partial charge in [0.15, 0.2) is 0 Å². The number of amides is 4. The standard InChI is InChI=1S/C40H50N8O6/c1-23(2)33(45-39(51)53-5)37(49)47-19-7-9-31(47)35-41-21-29(43-35)27-15-11-25(12-16-27)26-13-17-28(18-14-26)30-22-42-36(44-30)32-10-8-20-48(32)38(50)34(24(3)4)46-40(52)54-6/h11-18,21-24,31-34H,7-10,19-20H2,1-6H3,(H,41,43)(H,42,44)(H,45,51)(H,46,52)/t31-,32-,33-,34+/m0/s1/i5D3,6D3. The van der Waals surface area contributed by atoms with E-state index in [4.69, 9.17) is 8.22 Å². The van der Waals surface area contributed by atoms with Crippen LogP contribution < -0.4 is 10.6 Å². The maximum Gasteiger partial charge on any atom is 0.407 e. The molecule has 2 aliphatic heterocycles. The molecule has 2 fully saturated rings. The molecular formula is C40H50N8O6. The van der Waals surface area contributed by atoms with Crippen LogP contribution in [-0.4, -0.2) is 93.0 Å². The third-order valence-corrected chi connectivity index (χ3v) is 10.2. The molecule has 4 amide bonds. The molecule has 4 N–H and O–H groups in total. The third-order valence-electron chi connectivity index (χ3n) is 10.2. The summed E-state index contributed by atoms with van der Waals surface area (Å²) in [6.07, 6.45) is 3.92. The highest BCUT2D eigenvalue weighted by Crippen LogP contribution is 2.35. The maximum absolute atomic E-state index is 13.6. The molecule has 0 spiro atoms. The Kier molecular flexibility index (Phi) is 9.44. The molecule has 0 radical (unpaired) electrons. The lowest BCUT2D eigenvalue weighted by molar-refractivity contribution is -0.136. The monoisotopic (exact) mass is 744 g/mol. The molecule has 4 aromatic rings. The SMILES string of the molecule is [2H]C([2H])([2H])OC(=O)N[C@H](C(=O)N1CCC[C@H]1c1ncc(-c2ccc(-c3ccc(-c4cnc([C@@H]5CCCN5C(=O)[C@H](NC(=O)OC([2H])([2H])[2H])C(C)C)[nH]4)cc3)cc2)[nH]1)C(C)C. The zero-order valence-corrected chi connectivity index (χ0v) is 30.7. The Hall–Kier alpha value is -5.66. The number of methoxy groups -OCH3 is 2. The number of nitrogens with zero attached hydrogens (tertiary/aromatic N) is 4. The van der Waals surface area contributed by atoms with Crippen LogP contribution in [-0.2, 0) is 19.1 Å². The Balaban J connectivity index is 1.09. The van der Waals surface area contributed by atoms with Crippen LogP contribution in [0.15, 0.2) is 60.9 Å². The van der Waals surface area contributed by atoms with Crippen molar-refractivity contribution in [2.45, 2.75) is 77.5 Å². The summed E-state index contributed by atoms with van der Waals surface area (Å²) in [7, 11) is -5.85. The van der Waals surface area contributed by atoms with E-state index in [0.29, 0.717) is 37.6 Å². The first kappa shape index (κ1) is 30.8. The lowest BCUT2D eigenvalue weighted by Gasteiger charge is -2.30. The zero-order valence-electron chi connectivity index (χ0n) is 36.7. The molecule has 0 saturated carbocycles. The number of benzene rings is 2. The van der Waals surface area contributed by atoms with E-state index in [1.54, 1.807) is 49.9 Å². The molecule has 2 aromatic heterocycles. The van der Waals surface area contributed by atoms with Crippen molar-refractivity contribution in [2.75, 3.05) is 27.2 Å². The number of hydrogen-bond donors (Lipinski definition) is 4. The van der Waals surface area contributed by atoms with Gasteiger partial charge < -0.3 is 39.9 Å². The molecule has 6 rings (SSSR count). The lowest BCUT2D eigenvalue weighted by atomic mass is 10.0. The predicted octanol–water partition coefficient (Wildman–Crippen LogP) is 6.22. The fourth-order valence-electron chi connectivity index (χ4n) is 7.32. The Morgan fingerprint density at radius 2 is 1.04 bits per heavy atom. The van der Waals surface area contributed by atoms with Crippen LogP contribution in [0.2, 0.25) is 0 Å². The Morgan fingerprint density at radius 1 is 0.667 bits per heavy atom. The van der Waals surface area contributed by atoms with Crippen LogP contribution in [0, 0.1) is 11.8 Å². The van der Waals surface area contributed by atoms with Crippen LogP contribution in [0.4, 0.5) is 9.59 Å². The predicted molar refractivity (Wildman–Crippen MR) is 203 cm³/mol. The Labute approximate surface area is 323 Å². The molecule has 14 heteroatoms. The first-order valence-electron chi connectivity index (χ1n) is 21.2. The summed E-state index contributed by atoms with van der Waals surface area (Å²) in [4.78, 5) is 71.0. The molecule has 2 aliphatic rings. The fraction of sp³-hybridized carbons (Fsp3) is 0.450. The molecule has 4 heterocycles. The summed E-state index contributed by atoms with van der Waals surface area (Å²) in [6, 6.07) is 13.3. The van der Waals surface area contributed by atoms with Gasteiger partial charge in [-0.3, -0.25) is 9.59 Å². The van der Waals surface area contributed by atoms with E-state index < -0.39 is 38.3 Å². The summed E-state index contributed by atoms with van der Waals surface area (Å²) in [6.45, 7) is 7.98. The van der Waals surface area contributed by atoms with Crippen molar-refractivity contribution in [2.24, 2.45) is 11.8 Å². The second-order valence-corrected chi connectivity index (χ2v) is 14.4. The molecule has 0 bridgehead atoms. The lowest BCUT2D eigenvalue weighted by Crippen LogP contribution is -2.51. The summed E-state index contributed by atoms with van der Waals surface area (Å²) >= 11 is 0. The number of alkyl carbamates (subject to hydrolysis) is 2. The van der Waals surface area contributed by atoms with Crippen molar-refractivity contribution < 1.29 is 36.9 Å². The maximum atomic E-state index is 13.6. The second kappa shape index (κ2) is 16.6. The smallest absolute Gasteiger partial charge is 0.407 e. The van der Waals surface area contributed by atoms with Crippen LogP contribution in [0.5, 0.6) is 0 Å². The number of hydrogen-bond acceptors (Lipinski definition) is 8. The fourth-order valence-corrected chi connectivity index (χ4v) is 7.32. The molecule has 2 saturated heterocycles. The summed E-state index contributed by atoms with van der Waals surface area (Å²) in [5.74, 6) is -0.0878. The van der Waals surface area contributed by atoms with Gasteiger partial charge in [0.05, 0.1) is 58.2 Å². The van der Waals surface area contributed by atoms with Gasteiger partial charge in [-0.15, -0.1) is 0 Å². The summed E-state index contributed by atoms with van der Waals surface area (Å²) in [5, 5.41) is 4.86. The number of rotatable bonds is 11. The number of ether oxygens (including phenoxy) is 2. The minimum Gasteiger partial charge on any atom is -0.453 e. The molecule has 0 aliphatic carbocycles. The van der Waals surface area contributed by atoms with Crippen LogP contribution in [0.3, 0.4) is 0 Å². The van der Waals surface area contributed by atoms with Gasteiger partial charge >= 0.3 is 12.2 Å². The van der Waals surface area contributed by atoms with E-state index in [1.165, 1.54) is 0 Å². The molecule has 4 atom stereocenters. The van der Waals surface area contributed by atoms with Gasteiger partial charge in [-0.05, 0) is 59.8 Å². The number of H-pyrrole nitrogens is 2. The van der Waals surface area contributed by atoms with Crippen LogP contribution >= 0.6 is 0 Å². The number of carbonyl (C=O) groups excluding carboxylic acids is 4. The molecule has 0 unspecified atom stereocenters. The quantitative estimate of drug-likeness (QED) is 0.140. The van der Waals surface area contributed by atoms with Crippen molar-refractivity contribution in [1.82, 2.24) is 40.4 Å². The average molecular weight is 745 g/mol. The van der Waals surface area contributed by atoms with E-state index in [2.05, 4.69) is 40.0 Å². The highest BCUT2D eigenvalue weighted by molar-refractivity contribution is 5.87. The molecular weight excluding hydrogens is 688 g/mol. The number of nitrogens with one attached hydrogen (secondary N) is 4. The Morgan fingerprint density at radius 3 is 1.39 bits per heavy atom. The van der Waals surface area contributed by atoms with Crippen molar-refractivity contribution >= 4 is 24.0 Å². The summed E-state index contributed by atoms with van der Waals surface area (Å²) < 4.78 is 52.0. The van der Waals surface area contributed by atoms with Crippen LogP contribution in [0.25, 0.3) is 33.6 Å². The summed E-state index contributed by atoms with van der Waals surface area (Å²) in [5.41, 5.74) is 5.32. The number of aromatic amines is 2.